The smallest absolute Gasteiger partial charge is 0.186 e. The minimum absolute atomic E-state index is 0.244. The molecule has 0 saturated heterocycles. The predicted molar refractivity (Wildman–Crippen MR) is 87.7 cm³/mol. The molecule has 108 valence electrons. The molecule has 1 unspecified atom stereocenters. The fraction of sp³-hybridized carbons (Fsp3) is 0.400. The Kier molecular flexibility index (Phi) is 5.02. The molecule has 2 N–H and O–H groups in total. The maximum Gasteiger partial charge on any atom is 0.186 e. The van der Waals surface area contributed by atoms with E-state index in [1.54, 1.807) is 11.3 Å². The number of nitrogens with two attached hydrogens (primary N) is 1. The monoisotopic (exact) mass is 309 g/mol. The van der Waals surface area contributed by atoms with Crippen LogP contribution in [0, 0.1) is 0 Å². The van der Waals surface area contributed by atoms with Gasteiger partial charge < -0.3 is 10.6 Å². The Hall–Kier alpha value is -1.10. The van der Waals surface area contributed by atoms with Gasteiger partial charge >= 0.3 is 0 Å². The summed E-state index contributed by atoms with van der Waals surface area (Å²) in [7, 11) is 2.07. The lowest BCUT2D eigenvalue weighted by Gasteiger charge is -2.24. The number of thiazole rings is 1. The van der Waals surface area contributed by atoms with Gasteiger partial charge in [-0.05, 0) is 31.0 Å². The van der Waals surface area contributed by atoms with Crippen molar-refractivity contribution in [3.05, 3.63) is 45.4 Å². The van der Waals surface area contributed by atoms with Crippen molar-refractivity contribution in [3.8, 4) is 0 Å². The van der Waals surface area contributed by atoms with Crippen LogP contribution in [0.25, 0.3) is 0 Å². The lowest BCUT2D eigenvalue weighted by Crippen LogP contribution is -2.21. The molecular weight excluding hydrogens is 290 g/mol. The van der Waals surface area contributed by atoms with Crippen LogP contribution in [0.2, 0.25) is 5.02 Å². The van der Waals surface area contributed by atoms with Crippen LogP contribution in [0.3, 0.4) is 0 Å². The Labute approximate surface area is 129 Å². The Morgan fingerprint density at radius 2 is 2.00 bits per heavy atom. The van der Waals surface area contributed by atoms with Crippen LogP contribution in [0.15, 0.2) is 24.3 Å². The molecule has 0 spiro atoms. The van der Waals surface area contributed by atoms with Gasteiger partial charge in [0.25, 0.3) is 0 Å². The van der Waals surface area contributed by atoms with Gasteiger partial charge in [0, 0.05) is 23.5 Å². The van der Waals surface area contributed by atoms with E-state index in [1.807, 2.05) is 12.1 Å². The highest BCUT2D eigenvalue weighted by Crippen LogP contribution is 2.31. The Morgan fingerprint density at radius 1 is 1.35 bits per heavy atom. The van der Waals surface area contributed by atoms with Gasteiger partial charge in [-0.3, -0.25) is 0 Å². The highest BCUT2D eigenvalue weighted by Gasteiger charge is 2.17. The van der Waals surface area contributed by atoms with Gasteiger partial charge in [0.2, 0.25) is 0 Å². The molecule has 3 nitrogen and oxygen atoms in total. The number of aromatic nitrogens is 1. The second-order valence-corrected chi connectivity index (χ2v) is 6.26. The van der Waals surface area contributed by atoms with Crippen molar-refractivity contribution in [1.82, 2.24) is 4.98 Å². The largest absolute Gasteiger partial charge is 0.344 e. The highest BCUT2D eigenvalue weighted by atomic mass is 35.5. The number of halogens is 1. The Balaban J connectivity index is 2.23. The van der Waals surface area contributed by atoms with Crippen LogP contribution in [-0.4, -0.2) is 12.0 Å². The summed E-state index contributed by atoms with van der Waals surface area (Å²) in [6, 6.07) is 8.20. The van der Waals surface area contributed by atoms with Gasteiger partial charge in [-0.15, -0.1) is 11.3 Å². The van der Waals surface area contributed by atoms with Crippen molar-refractivity contribution in [1.29, 1.82) is 0 Å². The summed E-state index contributed by atoms with van der Waals surface area (Å²) < 4.78 is 0. The number of hydrogen-bond acceptors (Lipinski definition) is 4. The summed E-state index contributed by atoms with van der Waals surface area (Å²) in [5, 5.41) is 1.78. The molecule has 0 aliphatic carbocycles. The zero-order valence-corrected chi connectivity index (χ0v) is 13.6. The minimum atomic E-state index is 0.244. The van der Waals surface area contributed by atoms with E-state index in [0.717, 1.165) is 22.3 Å². The predicted octanol–water partition coefficient (Wildman–Crippen LogP) is 4.02. The number of rotatable bonds is 5. The zero-order chi connectivity index (χ0) is 14.7. The molecule has 0 saturated carbocycles. The average Bonchev–Trinajstić information content (AvgIpc) is 2.89. The fourth-order valence-corrected chi connectivity index (χ4v) is 3.28. The third kappa shape index (κ3) is 3.14. The molecule has 2 aromatic rings. The topological polar surface area (TPSA) is 42.2 Å². The summed E-state index contributed by atoms with van der Waals surface area (Å²) in [6.07, 6.45) is 0.923. The van der Waals surface area contributed by atoms with Crippen LogP contribution in [-0.2, 0) is 13.0 Å². The van der Waals surface area contributed by atoms with Crippen molar-refractivity contribution in [2.24, 2.45) is 5.73 Å². The van der Waals surface area contributed by atoms with Crippen LogP contribution >= 0.6 is 22.9 Å². The van der Waals surface area contributed by atoms with Crippen molar-refractivity contribution >= 4 is 28.1 Å². The van der Waals surface area contributed by atoms with E-state index in [-0.39, 0.29) is 6.04 Å². The zero-order valence-electron chi connectivity index (χ0n) is 12.1. The van der Waals surface area contributed by atoms with Crippen molar-refractivity contribution in [2.45, 2.75) is 32.9 Å². The number of anilines is 1. The lowest BCUT2D eigenvalue weighted by atomic mass is 10.1. The van der Waals surface area contributed by atoms with E-state index in [4.69, 9.17) is 22.3 Å². The molecule has 0 bridgehead atoms. The molecule has 1 atom stereocenters. The first-order valence-electron chi connectivity index (χ1n) is 6.73. The molecule has 2 rings (SSSR count). The van der Waals surface area contributed by atoms with Crippen LogP contribution in [0.5, 0.6) is 0 Å². The quantitative estimate of drug-likeness (QED) is 0.907. The third-order valence-electron chi connectivity index (χ3n) is 3.52. The second-order valence-electron chi connectivity index (χ2n) is 4.76. The number of nitrogens with zero attached hydrogens (tertiary/aromatic N) is 2. The first kappa shape index (κ1) is 15.3. The maximum atomic E-state index is 5.94. The van der Waals surface area contributed by atoms with E-state index >= 15 is 0 Å². The first-order valence-corrected chi connectivity index (χ1v) is 7.93. The average molecular weight is 310 g/mol. The molecule has 0 fully saturated rings. The summed E-state index contributed by atoms with van der Waals surface area (Å²) in [4.78, 5) is 8.07. The van der Waals surface area contributed by atoms with Gasteiger partial charge in [-0.2, -0.15) is 0 Å². The van der Waals surface area contributed by atoms with E-state index in [1.165, 1.54) is 10.4 Å². The van der Waals surface area contributed by atoms with Crippen LogP contribution in [0.1, 0.15) is 36.0 Å². The minimum Gasteiger partial charge on any atom is -0.344 e. The molecular formula is C15H20ClN3S. The number of benzene rings is 1. The van der Waals surface area contributed by atoms with E-state index in [9.17, 15) is 0 Å². The van der Waals surface area contributed by atoms with E-state index in [0.29, 0.717) is 6.54 Å². The molecule has 0 aliphatic rings. The standard InChI is InChI=1S/C15H20ClN3S/c1-4-13-14(9-17)20-15(18-13)19(3)10(2)11-5-7-12(16)8-6-11/h5-8,10H,4,9,17H2,1-3H3. The summed E-state index contributed by atoms with van der Waals surface area (Å²) >= 11 is 7.62. The van der Waals surface area contributed by atoms with Crippen LogP contribution in [0.4, 0.5) is 5.13 Å². The van der Waals surface area contributed by atoms with Crippen molar-refractivity contribution < 1.29 is 0 Å². The van der Waals surface area contributed by atoms with Crippen LogP contribution < -0.4 is 10.6 Å². The SMILES string of the molecule is CCc1nc(N(C)C(C)c2ccc(Cl)cc2)sc1CN. The summed E-state index contributed by atoms with van der Waals surface area (Å²) in [5.74, 6) is 0. The molecule has 0 aliphatic heterocycles. The number of aryl methyl sites for hydroxylation is 1. The van der Waals surface area contributed by atoms with Crippen molar-refractivity contribution in [3.63, 3.8) is 0 Å². The molecule has 0 amide bonds. The number of hydrogen-bond donors (Lipinski definition) is 1. The van der Waals surface area contributed by atoms with Gasteiger partial charge in [-0.25, -0.2) is 4.98 Å². The Bertz CT molecular complexity index is 543. The van der Waals surface area contributed by atoms with Crippen molar-refractivity contribution in [2.75, 3.05) is 11.9 Å². The fourth-order valence-electron chi connectivity index (χ4n) is 2.09. The van der Waals surface area contributed by atoms with E-state index < -0.39 is 0 Å². The van der Waals surface area contributed by atoms with Gasteiger partial charge in [-0.1, -0.05) is 30.7 Å². The third-order valence-corrected chi connectivity index (χ3v) is 4.98. The maximum absolute atomic E-state index is 5.94. The first-order chi connectivity index (χ1) is 9.56. The molecule has 1 aromatic carbocycles. The Morgan fingerprint density at radius 3 is 2.50 bits per heavy atom. The lowest BCUT2D eigenvalue weighted by molar-refractivity contribution is 0.735. The summed E-state index contributed by atoms with van der Waals surface area (Å²) in [5.41, 5.74) is 8.12. The molecule has 1 aromatic heterocycles. The van der Waals surface area contributed by atoms with Gasteiger partial charge in [0.1, 0.15) is 0 Å². The normalized spacial score (nSPS) is 12.4. The molecule has 20 heavy (non-hydrogen) atoms. The highest BCUT2D eigenvalue weighted by molar-refractivity contribution is 7.15. The van der Waals surface area contributed by atoms with Gasteiger partial charge in [0.15, 0.2) is 5.13 Å². The molecule has 0 radical (unpaired) electrons. The second kappa shape index (κ2) is 6.57. The summed E-state index contributed by atoms with van der Waals surface area (Å²) in [6.45, 7) is 4.84. The molecule has 1 heterocycles. The molecule has 5 heteroatoms. The van der Waals surface area contributed by atoms with Gasteiger partial charge in [0.05, 0.1) is 11.7 Å². The van der Waals surface area contributed by atoms with E-state index in [2.05, 4.69) is 37.9 Å².